The van der Waals surface area contributed by atoms with Crippen molar-refractivity contribution in [3.8, 4) is 0 Å². The van der Waals surface area contributed by atoms with Gasteiger partial charge in [-0.1, -0.05) is 52.7 Å². The third-order valence-corrected chi connectivity index (χ3v) is 5.51. The molecule has 16 heavy (non-hydrogen) atoms. The first-order valence-corrected chi connectivity index (χ1v) is 7.82. The fourth-order valence-corrected chi connectivity index (χ4v) is 3.24. The SMILES string of the molecule is CCN(Cc1cccc(C)c1)S(=O)(=O)CBr. The Balaban J connectivity index is 2.87. The van der Waals surface area contributed by atoms with E-state index in [1.165, 1.54) is 4.31 Å². The number of nitrogens with zero attached hydrogens (tertiary/aromatic N) is 1. The maximum absolute atomic E-state index is 11.7. The van der Waals surface area contributed by atoms with Crippen LogP contribution in [-0.4, -0.2) is 23.9 Å². The highest BCUT2D eigenvalue weighted by molar-refractivity contribution is 9.10. The predicted octanol–water partition coefficient (Wildman–Crippen LogP) is 2.50. The number of hydrogen-bond acceptors (Lipinski definition) is 2. The third-order valence-electron chi connectivity index (χ3n) is 2.33. The molecule has 0 saturated carbocycles. The maximum atomic E-state index is 11.7. The van der Waals surface area contributed by atoms with Crippen LogP contribution in [0.4, 0.5) is 0 Å². The molecule has 0 N–H and O–H groups in total. The Labute approximate surface area is 106 Å². The standard InChI is InChI=1S/C11H16BrNO2S/c1-3-13(16(14,15)9-12)8-11-6-4-5-10(2)7-11/h4-7H,3,8-9H2,1-2H3. The van der Waals surface area contributed by atoms with Crippen molar-refractivity contribution in [1.29, 1.82) is 0 Å². The lowest BCUT2D eigenvalue weighted by molar-refractivity contribution is 0.427. The molecule has 0 unspecified atom stereocenters. The van der Waals surface area contributed by atoms with Crippen molar-refractivity contribution >= 4 is 26.0 Å². The molecule has 0 saturated heterocycles. The molecule has 90 valence electrons. The zero-order valence-electron chi connectivity index (χ0n) is 9.48. The highest BCUT2D eigenvalue weighted by Gasteiger charge is 2.18. The zero-order chi connectivity index (χ0) is 12.2. The molecule has 5 heteroatoms. The van der Waals surface area contributed by atoms with Gasteiger partial charge >= 0.3 is 0 Å². The van der Waals surface area contributed by atoms with E-state index in [0.717, 1.165) is 11.1 Å². The van der Waals surface area contributed by atoms with Crippen LogP contribution in [0.1, 0.15) is 18.1 Å². The van der Waals surface area contributed by atoms with Gasteiger partial charge < -0.3 is 0 Å². The molecule has 0 heterocycles. The molecule has 0 aliphatic carbocycles. The number of aryl methyl sites for hydroxylation is 1. The van der Waals surface area contributed by atoms with E-state index < -0.39 is 10.0 Å². The van der Waals surface area contributed by atoms with E-state index in [9.17, 15) is 8.42 Å². The van der Waals surface area contributed by atoms with Crippen LogP contribution in [0.3, 0.4) is 0 Å². The summed E-state index contributed by atoms with van der Waals surface area (Å²) in [6, 6.07) is 7.89. The lowest BCUT2D eigenvalue weighted by Crippen LogP contribution is -2.30. The lowest BCUT2D eigenvalue weighted by Gasteiger charge is -2.19. The highest BCUT2D eigenvalue weighted by atomic mass is 79.9. The van der Waals surface area contributed by atoms with Crippen molar-refractivity contribution in [3.05, 3.63) is 35.4 Å². The van der Waals surface area contributed by atoms with Crippen molar-refractivity contribution in [2.24, 2.45) is 0 Å². The Hall–Kier alpha value is -0.390. The average molecular weight is 306 g/mol. The summed E-state index contributed by atoms with van der Waals surface area (Å²) in [6.07, 6.45) is 0. The summed E-state index contributed by atoms with van der Waals surface area (Å²) in [5, 5.41) is 0. The first-order valence-electron chi connectivity index (χ1n) is 5.09. The highest BCUT2D eigenvalue weighted by Crippen LogP contribution is 2.12. The van der Waals surface area contributed by atoms with E-state index in [1.807, 2.05) is 38.1 Å². The number of rotatable bonds is 5. The average Bonchev–Trinajstić information content (AvgIpc) is 2.25. The number of hydrogen-bond donors (Lipinski definition) is 0. The lowest BCUT2D eigenvalue weighted by atomic mass is 10.1. The quantitative estimate of drug-likeness (QED) is 0.784. The molecular weight excluding hydrogens is 290 g/mol. The Morgan fingerprint density at radius 3 is 2.56 bits per heavy atom. The summed E-state index contributed by atoms with van der Waals surface area (Å²) in [4.78, 5) is 0. The second-order valence-corrected chi connectivity index (χ2v) is 6.91. The second kappa shape index (κ2) is 5.80. The fourth-order valence-electron chi connectivity index (χ4n) is 1.49. The smallest absolute Gasteiger partial charge is 0.211 e. The van der Waals surface area contributed by atoms with E-state index >= 15 is 0 Å². The number of alkyl halides is 1. The molecule has 0 fully saturated rings. The Morgan fingerprint density at radius 1 is 1.38 bits per heavy atom. The van der Waals surface area contributed by atoms with E-state index in [0.29, 0.717) is 13.1 Å². The topological polar surface area (TPSA) is 37.4 Å². The molecule has 0 radical (unpaired) electrons. The normalized spacial score (nSPS) is 12.0. The van der Waals surface area contributed by atoms with Gasteiger partial charge in [0.1, 0.15) is 4.66 Å². The van der Waals surface area contributed by atoms with Crippen molar-refractivity contribution in [2.75, 3.05) is 11.2 Å². The van der Waals surface area contributed by atoms with Crippen LogP contribution >= 0.6 is 15.9 Å². The molecule has 0 spiro atoms. The van der Waals surface area contributed by atoms with Gasteiger partial charge in [-0.15, -0.1) is 0 Å². The summed E-state index contributed by atoms with van der Waals surface area (Å²) in [5.41, 5.74) is 2.16. The first-order chi connectivity index (χ1) is 7.49. The summed E-state index contributed by atoms with van der Waals surface area (Å²) in [5.74, 6) is 0. The van der Waals surface area contributed by atoms with E-state index in [2.05, 4.69) is 15.9 Å². The minimum absolute atomic E-state index is 0.0281. The third kappa shape index (κ3) is 3.57. The van der Waals surface area contributed by atoms with Gasteiger partial charge in [0, 0.05) is 13.1 Å². The van der Waals surface area contributed by atoms with Crippen LogP contribution in [0.25, 0.3) is 0 Å². The van der Waals surface area contributed by atoms with Gasteiger partial charge in [-0.05, 0) is 12.5 Å². The largest absolute Gasteiger partial charge is 0.224 e. The van der Waals surface area contributed by atoms with Gasteiger partial charge in [0.25, 0.3) is 0 Å². The summed E-state index contributed by atoms with van der Waals surface area (Å²) in [6.45, 7) is 4.77. The van der Waals surface area contributed by atoms with Crippen molar-refractivity contribution < 1.29 is 8.42 Å². The second-order valence-electron chi connectivity index (χ2n) is 3.64. The van der Waals surface area contributed by atoms with Gasteiger partial charge in [-0.2, -0.15) is 4.31 Å². The summed E-state index contributed by atoms with van der Waals surface area (Å²) in [7, 11) is -3.17. The minimum Gasteiger partial charge on any atom is -0.211 e. The Kier molecular flexibility index (Phi) is 4.95. The van der Waals surface area contributed by atoms with E-state index in [4.69, 9.17) is 0 Å². The van der Waals surface area contributed by atoms with Gasteiger partial charge in [0.15, 0.2) is 0 Å². The van der Waals surface area contributed by atoms with Crippen LogP contribution in [0.5, 0.6) is 0 Å². The molecule has 1 rings (SSSR count). The monoisotopic (exact) mass is 305 g/mol. The number of sulfonamides is 1. The van der Waals surface area contributed by atoms with Crippen LogP contribution in [-0.2, 0) is 16.6 Å². The van der Waals surface area contributed by atoms with Gasteiger partial charge in [-0.3, -0.25) is 0 Å². The van der Waals surface area contributed by atoms with Crippen LogP contribution in [0.2, 0.25) is 0 Å². The van der Waals surface area contributed by atoms with E-state index in [-0.39, 0.29) is 4.66 Å². The first kappa shape index (κ1) is 13.7. The van der Waals surface area contributed by atoms with E-state index in [1.54, 1.807) is 0 Å². The van der Waals surface area contributed by atoms with Gasteiger partial charge in [-0.25, -0.2) is 8.42 Å². The Morgan fingerprint density at radius 2 is 2.06 bits per heavy atom. The minimum atomic E-state index is -3.17. The molecule has 1 aromatic carbocycles. The molecule has 1 aromatic rings. The van der Waals surface area contributed by atoms with Crippen LogP contribution in [0, 0.1) is 6.92 Å². The van der Waals surface area contributed by atoms with Crippen LogP contribution < -0.4 is 0 Å². The molecule has 0 aliphatic heterocycles. The van der Waals surface area contributed by atoms with Crippen molar-refractivity contribution in [2.45, 2.75) is 20.4 Å². The number of halogens is 1. The molecule has 3 nitrogen and oxygen atoms in total. The fraction of sp³-hybridized carbons (Fsp3) is 0.455. The maximum Gasteiger partial charge on any atom is 0.224 e. The molecular formula is C11H16BrNO2S. The zero-order valence-corrected chi connectivity index (χ0v) is 11.9. The molecule has 0 aliphatic rings. The number of benzene rings is 1. The summed E-state index contributed by atoms with van der Waals surface area (Å²) < 4.78 is 24.8. The molecule has 0 bridgehead atoms. The van der Waals surface area contributed by atoms with Crippen molar-refractivity contribution in [3.63, 3.8) is 0 Å². The van der Waals surface area contributed by atoms with Gasteiger partial charge in [0.2, 0.25) is 10.0 Å². The predicted molar refractivity (Wildman–Crippen MR) is 70.0 cm³/mol. The Bertz CT molecular complexity index is 445. The van der Waals surface area contributed by atoms with Gasteiger partial charge in [0.05, 0.1) is 0 Å². The molecule has 0 atom stereocenters. The van der Waals surface area contributed by atoms with Crippen LogP contribution in [0.15, 0.2) is 24.3 Å². The van der Waals surface area contributed by atoms with Crippen molar-refractivity contribution in [1.82, 2.24) is 4.31 Å². The summed E-state index contributed by atoms with van der Waals surface area (Å²) >= 11 is 3.01. The molecule has 0 amide bonds. The molecule has 0 aromatic heterocycles.